The summed E-state index contributed by atoms with van der Waals surface area (Å²) in [6.07, 6.45) is 5.10. The Hall–Kier alpha value is -2.39. The predicted molar refractivity (Wildman–Crippen MR) is 80.4 cm³/mol. The Bertz CT molecular complexity index is 661. The summed E-state index contributed by atoms with van der Waals surface area (Å²) < 4.78 is 0. The van der Waals surface area contributed by atoms with E-state index in [-0.39, 0.29) is 0 Å². The minimum atomic E-state index is 0.421. The first kappa shape index (κ1) is 13.6. The second-order valence-corrected chi connectivity index (χ2v) is 5.01. The molecule has 1 aliphatic heterocycles. The monoisotopic (exact) mass is 300 g/mol. The normalized spacial score (nSPS) is 14.9. The Morgan fingerprint density at radius 3 is 2.33 bits per heavy atom. The van der Waals surface area contributed by atoms with Gasteiger partial charge in [0.05, 0.1) is 5.56 Å². The molecule has 1 aliphatic rings. The van der Waals surface area contributed by atoms with Gasteiger partial charge in [-0.2, -0.15) is 5.26 Å². The molecule has 7 heteroatoms. The van der Waals surface area contributed by atoms with E-state index in [9.17, 15) is 0 Å². The van der Waals surface area contributed by atoms with Gasteiger partial charge in [-0.3, -0.25) is 0 Å². The van der Waals surface area contributed by atoms with E-state index in [1.807, 2.05) is 0 Å². The van der Waals surface area contributed by atoms with Gasteiger partial charge in [-0.05, 0) is 12.1 Å². The first-order chi connectivity index (χ1) is 10.3. The summed E-state index contributed by atoms with van der Waals surface area (Å²) in [6.45, 7) is 3.11. The van der Waals surface area contributed by atoms with Crippen LogP contribution in [0.15, 0.2) is 30.7 Å². The van der Waals surface area contributed by atoms with Crippen molar-refractivity contribution in [2.45, 2.75) is 0 Å². The standard InChI is InChI=1S/C14H13ClN6/c15-12-11(10-16)2-5-17-13(12)20-6-8-21(9-7-20)14-18-3-1-4-19-14/h1-5H,6-9H2. The molecule has 21 heavy (non-hydrogen) atoms. The maximum absolute atomic E-state index is 9.03. The lowest BCUT2D eigenvalue weighted by molar-refractivity contribution is 0.634. The molecule has 0 bridgehead atoms. The van der Waals surface area contributed by atoms with Crippen LogP contribution in [0.5, 0.6) is 0 Å². The van der Waals surface area contributed by atoms with Gasteiger partial charge in [0.15, 0.2) is 0 Å². The van der Waals surface area contributed by atoms with Crippen molar-refractivity contribution in [3.63, 3.8) is 0 Å². The number of pyridine rings is 1. The van der Waals surface area contributed by atoms with Crippen molar-refractivity contribution in [3.8, 4) is 6.07 Å². The van der Waals surface area contributed by atoms with Gasteiger partial charge < -0.3 is 9.80 Å². The number of aromatic nitrogens is 3. The van der Waals surface area contributed by atoms with Crippen LogP contribution in [0.2, 0.25) is 5.02 Å². The number of hydrogen-bond acceptors (Lipinski definition) is 6. The summed E-state index contributed by atoms with van der Waals surface area (Å²) in [7, 11) is 0. The molecule has 0 saturated carbocycles. The zero-order valence-corrected chi connectivity index (χ0v) is 12.0. The Labute approximate surface area is 127 Å². The summed E-state index contributed by atoms with van der Waals surface area (Å²) in [5, 5.41) is 9.45. The second-order valence-electron chi connectivity index (χ2n) is 4.63. The summed E-state index contributed by atoms with van der Waals surface area (Å²) in [5.74, 6) is 1.41. The van der Waals surface area contributed by atoms with E-state index < -0.39 is 0 Å². The molecule has 2 aromatic heterocycles. The van der Waals surface area contributed by atoms with Crippen LogP contribution >= 0.6 is 11.6 Å². The van der Waals surface area contributed by atoms with E-state index in [1.165, 1.54) is 0 Å². The molecule has 106 valence electrons. The minimum absolute atomic E-state index is 0.421. The Kier molecular flexibility index (Phi) is 3.84. The summed E-state index contributed by atoms with van der Waals surface area (Å²) in [4.78, 5) is 17.0. The fourth-order valence-electron chi connectivity index (χ4n) is 2.31. The van der Waals surface area contributed by atoms with Crippen molar-refractivity contribution in [1.29, 1.82) is 5.26 Å². The van der Waals surface area contributed by atoms with Gasteiger partial charge >= 0.3 is 0 Å². The number of piperazine rings is 1. The highest BCUT2D eigenvalue weighted by molar-refractivity contribution is 6.34. The number of hydrogen-bond donors (Lipinski definition) is 0. The fraction of sp³-hybridized carbons (Fsp3) is 0.286. The van der Waals surface area contributed by atoms with Crippen LogP contribution in [0.4, 0.5) is 11.8 Å². The molecule has 0 aliphatic carbocycles. The van der Waals surface area contributed by atoms with Gasteiger partial charge in [0.2, 0.25) is 5.95 Å². The average molecular weight is 301 g/mol. The van der Waals surface area contributed by atoms with Crippen molar-refractivity contribution in [2.24, 2.45) is 0 Å². The fourth-order valence-corrected chi connectivity index (χ4v) is 2.59. The highest BCUT2D eigenvalue weighted by atomic mass is 35.5. The first-order valence-corrected chi connectivity index (χ1v) is 6.99. The van der Waals surface area contributed by atoms with Crippen LogP contribution in [0.1, 0.15) is 5.56 Å². The Balaban J connectivity index is 1.73. The third kappa shape index (κ3) is 2.73. The molecule has 2 aromatic rings. The largest absolute Gasteiger partial charge is 0.352 e. The lowest BCUT2D eigenvalue weighted by Gasteiger charge is -2.35. The SMILES string of the molecule is N#Cc1ccnc(N2CCN(c3ncccn3)CC2)c1Cl. The molecule has 0 N–H and O–H groups in total. The highest BCUT2D eigenvalue weighted by Crippen LogP contribution is 2.27. The summed E-state index contributed by atoms with van der Waals surface area (Å²) in [5.41, 5.74) is 0.454. The highest BCUT2D eigenvalue weighted by Gasteiger charge is 2.22. The number of rotatable bonds is 2. The molecule has 6 nitrogen and oxygen atoms in total. The van der Waals surface area contributed by atoms with E-state index in [2.05, 4.69) is 30.8 Å². The van der Waals surface area contributed by atoms with Crippen LogP contribution in [0.3, 0.4) is 0 Å². The smallest absolute Gasteiger partial charge is 0.225 e. The average Bonchev–Trinajstić information content (AvgIpc) is 2.56. The summed E-state index contributed by atoms with van der Waals surface area (Å²) in [6, 6.07) is 5.51. The zero-order valence-electron chi connectivity index (χ0n) is 11.3. The van der Waals surface area contributed by atoms with E-state index >= 15 is 0 Å². The number of nitriles is 1. The van der Waals surface area contributed by atoms with Gasteiger partial charge in [-0.25, -0.2) is 15.0 Å². The van der Waals surface area contributed by atoms with E-state index in [1.54, 1.807) is 30.7 Å². The number of nitrogens with zero attached hydrogens (tertiary/aromatic N) is 6. The molecule has 0 atom stereocenters. The number of anilines is 2. The second kappa shape index (κ2) is 5.94. The van der Waals surface area contributed by atoms with Crippen LogP contribution < -0.4 is 9.80 Å². The molecule has 1 saturated heterocycles. The van der Waals surface area contributed by atoms with Crippen LogP contribution in [-0.4, -0.2) is 41.1 Å². The molecule has 0 spiro atoms. The van der Waals surface area contributed by atoms with E-state index in [0.29, 0.717) is 16.4 Å². The van der Waals surface area contributed by atoms with Crippen LogP contribution in [-0.2, 0) is 0 Å². The van der Waals surface area contributed by atoms with Crippen molar-refractivity contribution >= 4 is 23.4 Å². The molecule has 1 fully saturated rings. The molecule has 0 unspecified atom stereocenters. The maximum Gasteiger partial charge on any atom is 0.225 e. The Morgan fingerprint density at radius 2 is 1.67 bits per heavy atom. The number of halogens is 1. The van der Waals surface area contributed by atoms with Gasteiger partial charge in [0.25, 0.3) is 0 Å². The lowest BCUT2D eigenvalue weighted by atomic mass is 10.2. The molecular formula is C14H13ClN6. The van der Waals surface area contributed by atoms with E-state index in [4.69, 9.17) is 16.9 Å². The molecule has 3 rings (SSSR count). The van der Waals surface area contributed by atoms with Crippen LogP contribution in [0.25, 0.3) is 0 Å². The maximum atomic E-state index is 9.03. The third-order valence-electron chi connectivity index (χ3n) is 3.41. The van der Waals surface area contributed by atoms with Crippen molar-refractivity contribution in [2.75, 3.05) is 36.0 Å². The first-order valence-electron chi connectivity index (χ1n) is 6.61. The third-order valence-corrected chi connectivity index (χ3v) is 3.78. The zero-order chi connectivity index (χ0) is 14.7. The molecule has 0 amide bonds. The predicted octanol–water partition coefficient (Wildman–Crippen LogP) is 1.72. The van der Waals surface area contributed by atoms with E-state index in [0.717, 1.165) is 32.1 Å². The summed E-state index contributed by atoms with van der Waals surface area (Å²) >= 11 is 6.23. The quantitative estimate of drug-likeness (QED) is 0.841. The molecule has 3 heterocycles. The van der Waals surface area contributed by atoms with Crippen LogP contribution in [0, 0.1) is 11.3 Å². The van der Waals surface area contributed by atoms with Crippen molar-refractivity contribution in [3.05, 3.63) is 41.3 Å². The minimum Gasteiger partial charge on any atom is -0.352 e. The van der Waals surface area contributed by atoms with Gasteiger partial charge in [-0.15, -0.1) is 0 Å². The van der Waals surface area contributed by atoms with Crippen molar-refractivity contribution < 1.29 is 0 Å². The molecular weight excluding hydrogens is 288 g/mol. The molecule has 0 radical (unpaired) electrons. The molecule has 0 aromatic carbocycles. The van der Waals surface area contributed by atoms with Crippen molar-refractivity contribution in [1.82, 2.24) is 15.0 Å². The lowest BCUT2D eigenvalue weighted by Crippen LogP contribution is -2.47. The van der Waals surface area contributed by atoms with Gasteiger partial charge in [-0.1, -0.05) is 11.6 Å². The topological polar surface area (TPSA) is 68.9 Å². The van der Waals surface area contributed by atoms with Gasteiger partial charge in [0.1, 0.15) is 16.9 Å². The Morgan fingerprint density at radius 1 is 1.00 bits per heavy atom. The van der Waals surface area contributed by atoms with Gasteiger partial charge in [0, 0.05) is 44.8 Å².